The summed E-state index contributed by atoms with van der Waals surface area (Å²) >= 11 is 0. The summed E-state index contributed by atoms with van der Waals surface area (Å²) in [5.74, 6) is 1.32. The first-order valence-corrected chi connectivity index (χ1v) is 12.0. The van der Waals surface area contributed by atoms with Crippen molar-refractivity contribution in [2.75, 3.05) is 46.5 Å². The number of aliphatic hydroxyl groups excluding tert-OH is 1. The molecule has 0 atom stereocenters. The van der Waals surface area contributed by atoms with Crippen molar-refractivity contribution in [2.24, 2.45) is 5.41 Å². The Bertz CT molecular complexity index is 910. The summed E-state index contributed by atoms with van der Waals surface area (Å²) in [7, 11) is 1.56. The molecule has 0 spiro atoms. The van der Waals surface area contributed by atoms with Crippen molar-refractivity contribution < 1.29 is 19.4 Å². The lowest BCUT2D eigenvalue weighted by Crippen LogP contribution is -2.41. The third kappa shape index (κ3) is 5.84. The molecule has 33 heavy (non-hydrogen) atoms. The van der Waals surface area contributed by atoms with E-state index in [1.165, 1.54) is 5.56 Å². The van der Waals surface area contributed by atoms with E-state index in [2.05, 4.69) is 16.0 Å². The smallest absolute Gasteiger partial charge is 0.255 e. The van der Waals surface area contributed by atoms with E-state index in [1.54, 1.807) is 25.4 Å². The Morgan fingerprint density at radius 3 is 2.64 bits per heavy atom. The number of pyridine rings is 1. The lowest BCUT2D eigenvalue weighted by atomic mass is 9.75. The Hall–Kier alpha value is -2.64. The SMILES string of the molecule is COc1ccc(C(=O)N2CCCCC3(CO)CCN(CC3)Cc3ccccc3OCC2)cn1. The van der Waals surface area contributed by atoms with Gasteiger partial charge >= 0.3 is 0 Å². The zero-order valence-corrected chi connectivity index (χ0v) is 19.5. The number of hydrogen-bond acceptors (Lipinski definition) is 6. The van der Waals surface area contributed by atoms with Crippen LogP contribution in [0.2, 0.25) is 0 Å². The number of aromatic nitrogens is 1. The van der Waals surface area contributed by atoms with Gasteiger partial charge < -0.3 is 19.5 Å². The van der Waals surface area contributed by atoms with Crippen LogP contribution < -0.4 is 9.47 Å². The van der Waals surface area contributed by atoms with Crippen LogP contribution >= 0.6 is 0 Å². The van der Waals surface area contributed by atoms with Crippen molar-refractivity contribution >= 4 is 5.91 Å². The van der Waals surface area contributed by atoms with E-state index >= 15 is 0 Å². The average molecular weight is 454 g/mol. The van der Waals surface area contributed by atoms with E-state index in [9.17, 15) is 9.90 Å². The molecule has 3 aliphatic rings. The number of benzene rings is 1. The number of fused-ring (bicyclic) bond motifs is 9. The summed E-state index contributed by atoms with van der Waals surface area (Å²) in [6, 6.07) is 11.6. The normalized spacial score (nSPS) is 24.2. The number of hydrogen-bond donors (Lipinski definition) is 1. The molecule has 1 aromatic carbocycles. The quantitative estimate of drug-likeness (QED) is 0.768. The largest absolute Gasteiger partial charge is 0.491 e. The number of carbonyl (C=O) groups excluding carboxylic acids is 1. The molecule has 7 nitrogen and oxygen atoms in total. The molecular weight excluding hydrogens is 418 g/mol. The standard InChI is InChI=1S/C26H35N3O4/c1-32-24-9-8-21(18-27-24)25(31)29-13-5-4-10-26(20-30)11-14-28(15-12-26)19-22-6-2-3-7-23(22)33-17-16-29/h2-3,6-9,18,30H,4-5,10-17,19-20H2,1H3. The third-order valence-electron chi connectivity index (χ3n) is 7.10. The predicted octanol–water partition coefficient (Wildman–Crippen LogP) is 3.37. The Labute approximate surface area is 196 Å². The van der Waals surface area contributed by atoms with Gasteiger partial charge in [0.05, 0.1) is 19.2 Å². The molecule has 2 aromatic rings. The maximum Gasteiger partial charge on any atom is 0.255 e. The highest BCUT2D eigenvalue weighted by Gasteiger charge is 2.34. The number of carbonyl (C=O) groups is 1. The van der Waals surface area contributed by atoms with Crippen LogP contribution in [-0.2, 0) is 6.54 Å². The number of ether oxygens (including phenoxy) is 2. The molecule has 7 heteroatoms. The highest BCUT2D eigenvalue weighted by atomic mass is 16.5. The number of para-hydroxylation sites is 1. The molecule has 1 saturated heterocycles. The summed E-state index contributed by atoms with van der Waals surface area (Å²) < 4.78 is 11.3. The topological polar surface area (TPSA) is 75.1 Å². The first-order chi connectivity index (χ1) is 16.1. The van der Waals surface area contributed by atoms with Gasteiger partial charge in [0.1, 0.15) is 12.4 Å². The van der Waals surface area contributed by atoms with Gasteiger partial charge in [-0.1, -0.05) is 24.6 Å². The van der Waals surface area contributed by atoms with Gasteiger partial charge in [0.15, 0.2) is 0 Å². The minimum atomic E-state index is -0.0460. The van der Waals surface area contributed by atoms with Gasteiger partial charge in [-0.15, -0.1) is 0 Å². The maximum atomic E-state index is 13.2. The summed E-state index contributed by atoms with van der Waals surface area (Å²) in [5.41, 5.74) is 1.72. The first-order valence-electron chi connectivity index (χ1n) is 12.0. The second-order valence-corrected chi connectivity index (χ2v) is 9.23. The molecule has 0 saturated carbocycles. The molecular formula is C26H35N3O4. The van der Waals surface area contributed by atoms with Crippen LogP contribution in [-0.4, -0.2) is 72.3 Å². The lowest BCUT2D eigenvalue weighted by Gasteiger charge is -2.41. The van der Waals surface area contributed by atoms with Crippen LogP contribution in [0, 0.1) is 5.41 Å². The van der Waals surface area contributed by atoms with Crippen molar-refractivity contribution in [3.63, 3.8) is 0 Å². The molecule has 2 bridgehead atoms. The van der Waals surface area contributed by atoms with Crippen LogP contribution in [0.4, 0.5) is 0 Å². The van der Waals surface area contributed by atoms with Crippen LogP contribution in [0.1, 0.15) is 48.0 Å². The van der Waals surface area contributed by atoms with E-state index in [0.29, 0.717) is 31.1 Å². The van der Waals surface area contributed by atoms with Crippen molar-refractivity contribution in [3.8, 4) is 11.6 Å². The van der Waals surface area contributed by atoms with Gasteiger partial charge in [-0.05, 0) is 56.3 Å². The third-order valence-corrected chi connectivity index (χ3v) is 7.10. The molecule has 5 rings (SSSR count). The fraction of sp³-hybridized carbons (Fsp3) is 0.538. The van der Waals surface area contributed by atoms with Crippen molar-refractivity contribution in [2.45, 2.75) is 38.6 Å². The highest BCUT2D eigenvalue weighted by molar-refractivity contribution is 5.94. The Morgan fingerprint density at radius 2 is 1.91 bits per heavy atom. The second kappa shape index (κ2) is 11.0. The predicted molar refractivity (Wildman–Crippen MR) is 127 cm³/mol. The molecule has 4 heterocycles. The van der Waals surface area contributed by atoms with Crippen LogP contribution in [0.3, 0.4) is 0 Å². The monoisotopic (exact) mass is 453 g/mol. The molecule has 1 amide bonds. The summed E-state index contributed by atoms with van der Waals surface area (Å²) in [4.78, 5) is 21.7. The molecule has 1 N–H and O–H groups in total. The minimum absolute atomic E-state index is 0.00143. The van der Waals surface area contributed by atoms with E-state index < -0.39 is 0 Å². The van der Waals surface area contributed by atoms with Crippen LogP contribution in [0.25, 0.3) is 0 Å². The van der Waals surface area contributed by atoms with Gasteiger partial charge in [0.2, 0.25) is 5.88 Å². The Kier molecular flexibility index (Phi) is 7.83. The summed E-state index contributed by atoms with van der Waals surface area (Å²) in [5, 5.41) is 10.2. The Morgan fingerprint density at radius 1 is 1.09 bits per heavy atom. The number of rotatable bonds is 3. The molecule has 1 aromatic heterocycles. The molecule has 178 valence electrons. The van der Waals surface area contributed by atoms with Crippen LogP contribution in [0.15, 0.2) is 42.6 Å². The summed E-state index contributed by atoms with van der Waals surface area (Å²) in [6.45, 7) is 4.66. The molecule has 0 radical (unpaired) electrons. The van der Waals surface area contributed by atoms with Crippen molar-refractivity contribution in [3.05, 3.63) is 53.7 Å². The number of piperidine rings is 1. The van der Waals surface area contributed by atoms with Gasteiger partial charge in [-0.3, -0.25) is 9.69 Å². The van der Waals surface area contributed by atoms with Gasteiger partial charge in [0.25, 0.3) is 5.91 Å². The molecule has 0 unspecified atom stereocenters. The van der Waals surface area contributed by atoms with Crippen LogP contribution in [0.5, 0.6) is 11.6 Å². The minimum Gasteiger partial charge on any atom is -0.491 e. The average Bonchev–Trinajstić information content (AvgIpc) is 2.87. The molecule has 3 aliphatic heterocycles. The van der Waals surface area contributed by atoms with Gasteiger partial charge in [-0.25, -0.2) is 4.98 Å². The fourth-order valence-electron chi connectivity index (χ4n) is 4.88. The number of nitrogens with zero attached hydrogens (tertiary/aromatic N) is 3. The zero-order valence-electron chi connectivity index (χ0n) is 19.5. The zero-order chi connectivity index (χ0) is 23.1. The van der Waals surface area contributed by atoms with E-state index in [1.807, 2.05) is 23.1 Å². The van der Waals surface area contributed by atoms with Gasteiger partial charge in [-0.2, -0.15) is 0 Å². The van der Waals surface area contributed by atoms with Crippen molar-refractivity contribution in [1.82, 2.24) is 14.8 Å². The van der Waals surface area contributed by atoms with E-state index in [-0.39, 0.29) is 17.9 Å². The fourth-order valence-corrected chi connectivity index (χ4v) is 4.88. The lowest BCUT2D eigenvalue weighted by molar-refractivity contribution is 0.0319. The Balaban J connectivity index is 1.52. The number of amides is 1. The number of methoxy groups -OCH3 is 1. The van der Waals surface area contributed by atoms with Crippen molar-refractivity contribution in [1.29, 1.82) is 0 Å². The maximum absolute atomic E-state index is 13.2. The second-order valence-electron chi connectivity index (χ2n) is 9.23. The highest BCUT2D eigenvalue weighted by Crippen LogP contribution is 2.37. The van der Waals surface area contributed by atoms with E-state index in [0.717, 1.165) is 57.5 Å². The number of aliphatic hydroxyl groups is 1. The van der Waals surface area contributed by atoms with Gasteiger partial charge in [0, 0.05) is 37.5 Å². The summed E-state index contributed by atoms with van der Waals surface area (Å²) in [6.07, 6.45) is 6.47. The first kappa shape index (κ1) is 23.5. The molecule has 0 aliphatic carbocycles. The molecule has 1 fully saturated rings. The van der Waals surface area contributed by atoms with E-state index in [4.69, 9.17) is 9.47 Å².